The van der Waals surface area contributed by atoms with Gasteiger partial charge in [-0.2, -0.15) is 0 Å². The quantitative estimate of drug-likeness (QED) is 0.674. The summed E-state index contributed by atoms with van der Waals surface area (Å²) in [6.07, 6.45) is 4.82. The highest BCUT2D eigenvalue weighted by Gasteiger charge is 2.42. The van der Waals surface area contributed by atoms with Crippen molar-refractivity contribution < 1.29 is 18.3 Å². The molecule has 1 saturated heterocycles. The van der Waals surface area contributed by atoms with Gasteiger partial charge in [0.1, 0.15) is 0 Å². The SMILES string of the molecule is CC(C(=O)O)S(=O)(=O)NC1CCNC2(CCC2)C1. The molecule has 2 aliphatic rings. The fourth-order valence-corrected chi connectivity index (χ4v) is 3.84. The molecule has 7 heteroatoms. The topological polar surface area (TPSA) is 95.5 Å². The summed E-state index contributed by atoms with van der Waals surface area (Å²) >= 11 is 0. The van der Waals surface area contributed by atoms with Crippen molar-refractivity contribution in [2.45, 2.75) is 55.9 Å². The van der Waals surface area contributed by atoms with Crippen LogP contribution < -0.4 is 10.0 Å². The maximum absolute atomic E-state index is 11.8. The van der Waals surface area contributed by atoms with Crippen LogP contribution in [-0.4, -0.2) is 42.9 Å². The Morgan fingerprint density at radius 3 is 2.67 bits per heavy atom. The molecule has 0 amide bonds. The molecular formula is C11H20N2O4S. The summed E-state index contributed by atoms with van der Waals surface area (Å²) in [5.74, 6) is -1.31. The van der Waals surface area contributed by atoms with Gasteiger partial charge < -0.3 is 10.4 Å². The number of sulfonamides is 1. The summed E-state index contributed by atoms with van der Waals surface area (Å²) in [4.78, 5) is 10.8. The Hall–Kier alpha value is -0.660. The van der Waals surface area contributed by atoms with E-state index in [1.54, 1.807) is 0 Å². The van der Waals surface area contributed by atoms with E-state index in [-0.39, 0.29) is 11.6 Å². The molecule has 0 aromatic heterocycles. The molecule has 1 spiro atoms. The number of nitrogens with one attached hydrogen (secondary N) is 2. The molecular weight excluding hydrogens is 256 g/mol. The van der Waals surface area contributed by atoms with E-state index >= 15 is 0 Å². The minimum absolute atomic E-state index is 0.0951. The molecule has 3 N–H and O–H groups in total. The molecule has 0 radical (unpaired) electrons. The van der Waals surface area contributed by atoms with Gasteiger partial charge in [-0.1, -0.05) is 0 Å². The molecule has 2 rings (SSSR count). The molecule has 2 unspecified atom stereocenters. The normalized spacial score (nSPS) is 28.6. The van der Waals surface area contributed by atoms with Gasteiger partial charge in [-0.3, -0.25) is 4.79 Å². The number of carboxylic acid groups (broad SMARTS) is 1. The summed E-state index contributed by atoms with van der Waals surface area (Å²) in [5.41, 5.74) is 0.0951. The summed E-state index contributed by atoms with van der Waals surface area (Å²) in [6, 6.07) is -0.140. The van der Waals surface area contributed by atoms with E-state index in [0.29, 0.717) is 6.42 Å². The fourth-order valence-electron chi connectivity index (χ4n) is 2.71. The number of hydrogen-bond donors (Lipinski definition) is 3. The zero-order valence-corrected chi connectivity index (χ0v) is 11.3. The van der Waals surface area contributed by atoms with Crippen molar-refractivity contribution in [1.29, 1.82) is 0 Å². The first-order chi connectivity index (χ1) is 8.35. The lowest BCUT2D eigenvalue weighted by molar-refractivity contribution is -0.136. The van der Waals surface area contributed by atoms with E-state index in [1.807, 2.05) is 0 Å². The summed E-state index contributed by atoms with van der Waals surface area (Å²) in [5, 5.41) is 10.8. The maximum atomic E-state index is 11.8. The molecule has 0 aromatic rings. The van der Waals surface area contributed by atoms with Crippen molar-refractivity contribution in [1.82, 2.24) is 10.0 Å². The largest absolute Gasteiger partial charge is 0.480 e. The van der Waals surface area contributed by atoms with Crippen LogP contribution in [0.1, 0.15) is 39.0 Å². The number of hydrogen-bond acceptors (Lipinski definition) is 4. The van der Waals surface area contributed by atoms with Crippen molar-refractivity contribution in [3.8, 4) is 0 Å². The molecule has 2 fully saturated rings. The second-order valence-corrected chi connectivity index (χ2v) is 7.43. The van der Waals surface area contributed by atoms with Crippen LogP contribution in [0.2, 0.25) is 0 Å². The fraction of sp³-hybridized carbons (Fsp3) is 0.909. The molecule has 1 aliphatic carbocycles. The van der Waals surface area contributed by atoms with Gasteiger partial charge in [0.05, 0.1) is 0 Å². The van der Waals surface area contributed by atoms with Crippen LogP contribution in [0.3, 0.4) is 0 Å². The van der Waals surface area contributed by atoms with Crippen LogP contribution in [0.4, 0.5) is 0 Å². The first kappa shape index (κ1) is 13.8. The van der Waals surface area contributed by atoms with Gasteiger partial charge in [0.2, 0.25) is 10.0 Å². The van der Waals surface area contributed by atoms with Gasteiger partial charge >= 0.3 is 5.97 Å². The lowest BCUT2D eigenvalue weighted by atomic mass is 9.70. The van der Waals surface area contributed by atoms with Gasteiger partial charge in [-0.25, -0.2) is 13.1 Å². The first-order valence-corrected chi connectivity index (χ1v) is 7.88. The Morgan fingerprint density at radius 1 is 1.50 bits per heavy atom. The van der Waals surface area contributed by atoms with Crippen molar-refractivity contribution in [2.24, 2.45) is 0 Å². The van der Waals surface area contributed by atoms with E-state index in [1.165, 1.54) is 13.3 Å². The van der Waals surface area contributed by atoms with Gasteiger partial charge in [0.25, 0.3) is 0 Å². The number of carboxylic acids is 1. The van der Waals surface area contributed by atoms with E-state index in [4.69, 9.17) is 5.11 Å². The van der Waals surface area contributed by atoms with Crippen LogP contribution in [-0.2, 0) is 14.8 Å². The Balaban J connectivity index is 1.98. The Kier molecular flexibility index (Phi) is 3.66. The highest BCUT2D eigenvalue weighted by Crippen LogP contribution is 2.38. The molecule has 6 nitrogen and oxygen atoms in total. The second kappa shape index (κ2) is 4.79. The minimum Gasteiger partial charge on any atom is -0.480 e. The Bertz CT molecular complexity index is 430. The second-order valence-electron chi connectivity index (χ2n) is 5.39. The van der Waals surface area contributed by atoms with Crippen LogP contribution in [0.25, 0.3) is 0 Å². The maximum Gasteiger partial charge on any atom is 0.323 e. The average molecular weight is 276 g/mol. The van der Waals surface area contributed by atoms with Crippen molar-refractivity contribution in [3.05, 3.63) is 0 Å². The van der Waals surface area contributed by atoms with Gasteiger partial charge in [-0.05, 0) is 45.6 Å². The standard InChI is InChI=1S/C11H20N2O4S/c1-8(10(14)15)18(16,17)13-9-3-6-12-11(7-9)4-2-5-11/h8-9,12-13H,2-7H2,1H3,(H,14,15). The molecule has 0 aromatic carbocycles. The molecule has 0 bridgehead atoms. The van der Waals surface area contributed by atoms with Crippen LogP contribution in [0.15, 0.2) is 0 Å². The average Bonchev–Trinajstić information content (AvgIpc) is 2.25. The van der Waals surface area contributed by atoms with Crippen LogP contribution in [0, 0.1) is 0 Å². The predicted octanol–water partition coefficient (Wildman–Crippen LogP) is 0.0536. The third-order valence-electron chi connectivity index (χ3n) is 4.08. The van der Waals surface area contributed by atoms with Crippen molar-refractivity contribution >= 4 is 16.0 Å². The summed E-state index contributed by atoms with van der Waals surface area (Å²) in [6.45, 7) is 1.99. The summed E-state index contributed by atoms with van der Waals surface area (Å²) in [7, 11) is -3.77. The van der Waals surface area contributed by atoms with Gasteiger partial charge in [0.15, 0.2) is 5.25 Å². The van der Waals surface area contributed by atoms with E-state index < -0.39 is 21.2 Å². The van der Waals surface area contributed by atoms with Crippen molar-refractivity contribution in [2.75, 3.05) is 6.54 Å². The lowest BCUT2D eigenvalue weighted by Gasteiger charge is -2.48. The van der Waals surface area contributed by atoms with Gasteiger partial charge in [-0.15, -0.1) is 0 Å². The lowest BCUT2D eigenvalue weighted by Crippen LogP contribution is -2.60. The molecule has 18 heavy (non-hydrogen) atoms. The smallest absolute Gasteiger partial charge is 0.323 e. The van der Waals surface area contributed by atoms with Gasteiger partial charge in [0, 0.05) is 11.6 Å². The molecule has 1 saturated carbocycles. The zero-order chi connectivity index (χ0) is 13.4. The molecule has 1 heterocycles. The third-order valence-corrected chi connectivity index (χ3v) is 5.88. The monoisotopic (exact) mass is 276 g/mol. The number of aliphatic carboxylic acids is 1. The Morgan fingerprint density at radius 2 is 2.17 bits per heavy atom. The van der Waals surface area contributed by atoms with Crippen molar-refractivity contribution in [3.63, 3.8) is 0 Å². The van der Waals surface area contributed by atoms with Crippen LogP contribution in [0.5, 0.6) is 0 Å². The molecule has 2 atom stereocenters. The predicted molar refractivity (Wildman–Crippen MR) is 66.8 cm³/mol. The number of carbonyl (C=O) groups is 1. The van der Waals surface area contributed by atoms with E-state index in [2.05, 4.69) is 10.0 Å². The minimum atomic E-state index is -3.77. The first-order valence-electron chi connectivity index (χ1n) is 6.34. The highest BCUT2D eigenvalue weighted by molar-refractivity contribution is 7.90. The van der Waals surface area contributed by atoms with Crippen LogP contribution >= 0.6 is 0 Å². The van der Waals surface area contributed by atoms with E-state index in [9.17, 15) is 13.2 Å². The number of rotatable bonds is 4. The molecule has 1 aliphatic heterocycles. The van der Waals surface area contributed by atoms with E-state index in [0.717, 1.165) is 25.8 Å². The Labute approximate surface area is 107 Å². The highest BCUT2D eigenvalue weighted by atomic mass is 32.2. The summed E-state index contributed by atoms with van der Waals surface area (Å²) < 4.78 is 26.2. The molecule has 104 valence electrons. The third kappa shape index (κ3) is 2.67. The zero-order valence-electron chi connectivity index (χ0n) is 10.5. The number of piperidine rings is 1.